The number of thioether (sulfide) groups is 1. The summed E-state index contributed by atoms with van der Waals surface area (Å²) < 4.78 is 0. The van der Waals surface area contributed by atoms with E-state index in [-0.39, 0.29) is 11.8 Å². The molecular weight excluding hydrogens is 418 g/mol. The Morgan fingerprint density at radius 3 is 2.57 bits per heavy atom. The van der Waals surface area contributed by atoms with Crippen molar-refractivity contribution in [1.29, 1.82) is 0 Å². The molecule has 2 N–H and O–H groups in total. The van der Waals surface area contributed by atoms with Gasteiger partial charge in [-0.3, -0.25) is 9.59 Å². The molecule has 2 aromatic rings. The maximum absolute atomic E-state index is 12.8. The second kappa shape index (κ2) is 12.6. The Bertz CT molecular complexity index is 847. The van der Waals surface area contributed by atoms with Crippen LogP contribution in [0, 0.1) is 0 Å². The molecule has 2 amide bonds. The lowest BCUT2D eigenvalue weighted by molar-refractivity contribution is -0.123. The van der Waals surface area contributed by atoms with Gasteiger partial charge >= 0.3 is 0 Å². The molecular formula is C23H30ClN3O2S. The minimum absolute atomic E-state index is 0.194. The van der Waals surface area contributed by atoms with Crippen molar-refractivity contribution in [2.45, 2.75) is 32.5 Å². The summed E-state index contributed by atoms with van der Waals surface area (Å²) in [7, 11) is 2.08. The number of hydrogen-bond acceptors (Lipinski definition) is 4. The molecule has 0 saturated heterocycles. The van der Waals surface area contributed by atoms with E-state index in [9.17, 15) is 9.59 Å². The Morgan fingerprint density at radius 1 is 1.13 bits per heavy atom. The first-order valence-electron chi connectivity index (χ1n) is 10.0. The van der Waals surface area contributed by atoms with E-state index in [1.807, 2.05) is 18.4 Å². The summed E-state index contributed by atoms with van der Waals surface area (Å²) in [5, 5.41) is 6.17. The molecule has 0 aliphatic rings. The Morgan fingerprint density at radius 2 is 1.87 bits per heavy atom. The maximum atomic E-state index is 12.8. The molecule has 0 heterocycles. The fourth-order valence-electron chi connectivity index (χ4n) is 2.96. The van der Waals surface area contributed by atoms with Crippen LogP contribution in [0.15, 0.2) is 48.5 Å². The van der Waals surface area contributed by atoms with Gasteiger partial charge in [-0.15, -0.1) is 0 Å². The van der Waals surface area contributed by atoms with Crippen LogP contribution in [0.1, 0.15) is 34.8 Å². The highest BCUT2D eigenvalue weighted by atomic mass is 35.5. The lowest BCUT2D eigenvalue weighted by atomic mass is 10.1. The van der Waals surface area contributed by atoms with E-state index in [0.29, 0.717) is 23.6 Å². The van der Waals surface area contributed by atoms with Gasteiger partial charge in [0, 0.05) is 13.1 Å². The summed E-state index contributed by atoms with van der Waals surface area (Å²) in [5.41, 5.74) is 2.61. The van der Waals surface area contributed by atoms with E-state index in [2.05, 4.69) is 41.6 Å². The van der Waals surface area contributed by atoms with Crippen LogP contribution < -0.4 is 10.6 Å². The summed E-state index contributed by atoms with van der Waals surface area (Å²) in [4.78, 5) is 27.6. The molecule has 2 aromatic carbocycles. The topological polar surface area (TPSA) is 61.4 Å². The normalized spacial score (nSPS) is 11.9. The zero-order chi connectivity index (χ0) is 21.9. The third kappa shape index (κ3) is 7.67. The zero-order valence-electron chi connectivity index (χ0n) is 17.8. The molecule has 0 saturated carbocycles. The maximum Gasteiger partial charge on any atom is 0.253 e. The summed E-state index contributed by atoms with van der Waals surface area (Å²) in [5.74, 6) is 0.228. The van der Waals surface area contributed by atoms with Crippen molar-refractivity contribution in [2.24, 2.45) is 0 Å². The van der Waals surface area contributed by atoms with Gasteiger partial charge < -0.3 is 15.5 Å². The molecule has 0 aliphatic heterocycles. The molecule has 0 bridgehead atoms. The van der Waals surface area contributed by atoms with E-state index < -0.39 is 6.04 Å². The first kappa shape index (κ1) is 24.3. The highest BCUT2D eigenvalue weighted by molar-refractivity contribution is 7.98. The minimum atomic E-state index is -0.615. The van der Waals surface area contributed by atoms with Crippen molar-refractivity contribution < 1.29 is 9.59 Å². The van der Waals surface area contributed by atoms with Crippen LogP contribution >= 0.6 is 23.4 Å². The smallest absolute Gasteiger partial charge is 0.253 e. The van der Waals surface area contributed by atoms with Gasteiger partial charge in [-0.25, -0.2) is 0 Å². The van der Waals surface area contributed by atoms with Gasteiger partial charge in [0.15, 0.2) is 0 Å². The van der Waals surface area contributed by atoms with E-state index in [0.717, 1.165) is 24.4 Å². The van der Waals surface area contributed by atoms with Gasteiger partial charge in [0.2, 0.25) is 5.91 Å². The molecule has 0 radical (unpaired) electrons. The lowest BCUT2D eigenvalue weighted by Crippen LogP contribution is -2.47. The van der Waals surface area contributed by atoms with E-state index in [1.165, 1.54) is 5.56 Å². The number of carbonyl (C=O) groups excluding carboxylic acids is 2. The molecule has 0 spiro atoms. The highest BCUT2D eigenvalue weighted by Gasteiger charge is 2.22. The monoisotopic (exact) mass is 447 g/mol. The summed E-state index contributed by atoms with van der Waals surface area (Å²) in [6.07, 6.45) is 2.52. The summed E-state index contributed by atoms with van der Waals surface area (Å²) in [6, 6.07) is 14.4. The summed E-state index contributed by atoms with van der Waals surface area (Å²) >= 11 is 7.76. The van der Waals surface area contributed by atoms with Gasteiger partial charge in [-0.2, -0.15) is 11.8 Å². The van der Waals surface area contributed by atoms with Crippen molar-refractivity contribution in [3.05, 3.63) is 70.2 Å². The Kier molecular flexibility index (Phi) is 10.2. The van der Waals surface area contributed by atoms with Crippen molar-refractivity contribution >= 4 is 35.2 Å². The number of carbonyl (C=O) groups is 2. The van der Waals surface area contributed by atoms with Crippen molar-refractivity contribution in [2.75, 3.05) is 25.6 Å². The molecule has 0 fully saturated rings. The van der Waals surface area contributed by atoms with E-state index in [1.54, 1.807) is 36.0 Å². The van der Waals surface area contributed by atoms with Gasteiger partial charge in [-0.05, 0) is 55.3 Å². The molecule has 0 aromatic heterocycles. The second-order valence-corrected chi connectivity index (χ2v) is 8.55. The fraction of sp³-hybridized carbons (Fsp3) is 0.391. The minimum Gasteiger partial charge on any atom is -0.350 e. The van der Waals surface area contributed by atoms with Crippen molar-refractivity contribution in [1.82, 2.24) is 15.5 Å². The number of benzene rings is 2. The number of rotatable bonds is 11. The Balaban J connectivity index is 2.00. The van der Waals surface area contributed by atoms with Crippen molar-refractivity contribution in [3.63, 3.8) is 0 Å². The molecule has 162 valence electrons. The average molecular weight is 448 g/mol. The molecule has 0 aliphatic carbocycles. The predicted molar refractivity (Wildman–Crippen MR) is 126 cm³/mol. The third-order valence-electron chi connectivity index (χ3n) is 4.80. The molecule has 7 heteroatoms. The van der Waals surface area contributed by atoms with Gasteiger partial charge in [0.05, 0.1) is 10.6 Å². The third-order valence-corrected chi connectivity index (χ3v) is 5.77. The molecule has 1 unspecified atom stereocenters. The number of nitrogens with zero attached hydrogens (tertiary/aromatic N) is 1. The van der Waals surface area contributed by atoms with Crippen LogP contribution in [0.5, 0.6) is 0 Å². The molecule has 30 heavy (non-hydrogen) atoms. The Hall–Kier alpha value is -2.02. The lowest BCUT2D eigenvalue weighted by Gasteiger charge is -2.19. The molecule has 5 nitrogen and oxygen atoms in total. The van der Waals surface area contributed by atoms with E-state index in [4.69, 9.17) is 11.6 Å². The van der Waals surface area contributed by atoms with Crippen LogP contribution in [0.2, 0.25) is 5.02 Å². The van der Waals surface area contributed by atoms with Crippen LogP contribution in [0.4, 0.5) is 0 Å². The predicted octanol–water partition coefficient (Wildman–Crippen LogP) is 3.96. The number of amides is 2. The highest BCUT2D eigenvalue weighted by Crippen LogP contribution is 2.15. The second-order valence-electron chi connectivity index (χ2n) is 7.16. The SMILES string of the molecule is CCN(C)Cc1cccc(CNC(=O)C(CCSC)NC(=O)c2ccccc2Cl)c1. The van der Waals surface area contributed by atoms with Gasteiger partial charge in [-0.1, -0.05) is 54.9 Å². The van der Waals surface area contributed by atoms with Crippen LogP contribution in [-0.2, 0) is 17.9 Å². The zero-order valence-corrected chi connectivity index (χ0v) is 19.4. The standard InChI is InChI=1S/C23H30ClN3O2S/c1-4-27(2)16-18-9-7-8-17(14-18)15-25-23(29)21(12-13-30-3)26-22(28)19-10-5-6-11-20(19)24/h5-11,14,21H,4,12-13,15-16H2,1-3H3,(H,25,29)(H,26,28). The molecule has 2 rings (SSSR count). The molecule has 1 atom stereocenters. The van der Waals surface area contributed by atoms with E-state index >= 15 is 0 Å². The van der Waals surface area contributed by atoms with Crippen LogP contribution in [0.3, 0.4) is 0 Å². The Labute approximate surface area is 188 Å². The first-order valence-corrected chi connectivity index (χ1v) is 11.8. The number of hydrogen-bond donors (Lipinski definition) is 2. The van der Waals surface area contributed by atoms with Crippen LogP contribution in [-0.4, -0.2) is 48.4 Å². The number of nitrogens with one attached hydrogen (secondary N) is 2. The van der Waals surface area contributed by atoms with Crippen molar-refractivity contribution in [3.8, 4) is 0 Å². The average Bonchev–Trinajstić information content (AvgIpc) is 2.75. The largest absolute Gasteiger partial charge is 0.350 e. The quantitative estimate of drug-likeness (QED) is 0.547. The van der Waals surface area contributed by atoms with Crippen LogP contribution in [0.25, 0.3) is 0 Å². The first-order chi connectivity index (χ1) is 14.4. The fourth-order valence-corrected chi connectivity index (χ4v) is 3.65. The summed E-state index contributed by atoms with van der Waals surface area (Å²) in [6.45, 7) is 4.38. The number of halogens is 1. The van der Waals surface area contributed by atoms with Gasteiger partial charge in [0.25, 0.3) is 5.91 Å². The van der Waals surface area contributed by atoms with Gasteiger partial charge in [0.1, 0.15) is 6.04 Å².